The van der Waals surface area contributed by atoms with Gasteiger partial charge in [0.2, 0.25) is 0 Å². The Balaban J connectivity index is 2.59. The summed E-state index contributed by atoms with van der Waals surface area (Å²) in [5.41, 5.74) is 9.09. The summed E-state index contributed by atoms with van der Waals surface area (Å²) < 4.78 is 2.06. The minimum atomic E-state index is 0.596. The Morgan fingerprint density at radius 1 is 1.35 bits per heavy atom. The quantitative estimate of drug-likeness (QED) is 0.872. The second-order valence-electron chi connectivity index (χ2n) is 4.92. The molecule has 0 aromatic carbocycles. The van der Waals surface area contributed by atoms with Crippen molar-refractivity contribution in [3.8, 4) is 0 Å². The SMILES string of the molecule is CC(C)Cc1ncnc2c1c(CCN)cn2C. The molecule has 0 atom stereocenters. The Morgan fingerprint density at radius 2 is 2.12 bits per heavy atom. The smallest absolute Gasteiger partial charge is 0.143 e. The van der Waals surface area contributed by atoms with E-state index in [1.165, 1.54) is 10.9 Å². The van der Waals surface area contributed by atoms with Crippen molar-refractivity contribution in [2.45, 2.75) is 26.7 Å². The highest BCUT2D eigenvalue weighted by Gasteiger charge is 2.13. The molecule has 0 fully saturated rings. The number of hydrogen-bond donors (Lipinski definition) is 1. The van der Waals surface area contributed by atoms with E-state index in [1.807, 2.05) is 7.05 Å². The van der Waals surface area contributed by atoms with E-state index in [-0.39, 0.29) is 0 Å². The minimum absolute atomic E-state index is 0.596. The highest BCUT2D eigenvalue weighted by molar-refractivity contribution is 5.82. The van der Waals surface area contributed by atoms with E-state index in [2.05, 4.69) is 34.6 Å². The number of aryl methyl sites for hydroxylation is 1. The molecule has 0 aliphatic carbocycles. The molecule has 0 saturated heterocycles. The first-order valence-electron chi connectivity index (χ1n) is 6.11. The van der Waals surface area contributed by atoms with Gasteiger partial charge in [0, 0.05) is 18.6 Å². The van der Waals surface area contributed by atoms with E-state index < -0.39 is 0 Å². The molecule has 0 radical (unpaired) electrons. The summed E-state index contributed by atoms with van der Waals surface area (Å²) in [6.07, 6.45) is 5.65. The molecule has 0 unspecified atom stereocenters. The van der Waals surface area contributed by atoms with Crippen molar-refractivity contribution in [3.63, 3.8) is 0 Å². The lowest BCUT2D eigenvalue weighted by Gasteiger charge is -2.06. The third-order valence-electron chi connectivity index (χ3n) is 2.93. The van der Waals surface area contributed by atoms with E-state index in [0.29, 0.717) is 12.5 Å². The Labute approximate surface area is 102 Å². The third kappa shape index (κ3) is 2.31. The Hall–Kier alpha value is -1.42. The van der Waals surface area contributed by atoms with Crippen LogP contribution in [0.5, 0.6) is 0 Å². The third-order valence-corrected chi connectivity index (χ3v) is 2.93. The standard InChI is InChI=1S/C13H20N4/c1-9(2)6-11-12-10(4-5-14)7-17(3)13(12)16-8-15-11/h7-9H,4-6,14H2,1-3H3. The van der Waals surface area contributed by atoms with Crippen LogP contribution in [0.3, 0.4) is 0 Å². The lowest BCUT2D eigenvalue weighted by molar-refractivity contribution is 0.637. The molecule has 2 N–H and O–H groups in total. The normalized spacial score (nSPS) is 11.6. The lowest BCUT2D eigenvalue weighted by atomic mass is 10.0. The molecular formula is C13H20N4. The summed E-state index contributed by atoms with van der Waals surface area (Å²) >= 11 is 0. The molecule has 0 amide bonds. The number of aromatic nitrogens is 3. The summed E-state index contributed by atoms with van der Waals surface area (Å²) in [6.45, 7) is 5.08. The van der Waals surface area contributed by atoms with Crippen molar-refractivity contribution in [1.29, 1.82) is 0 Å². The average Bonchev–Trinajstić information content (AvgIpc) is 2.57. The van der Waals surface area contributed by atoms with E-state index >= 15 is 0 Å². The monoisotopic (exact) mass is 232 g/mol. The predicted octanol–water partition coefficient (Wildman–Crippen LogP) is 1.67. The van der Waals surface area contributed by atoms with Crippen molar-refractivity contribution in [2.75, 3.05) is 6.54 Å². The van der Waals surface area contributed by atoms with E-state index in [0.717, 1.165) is 24.2 Å². The van der Waals surface area contributed by atoms with Crippen molar-refractivity contribution < 1.29 is 0 Å². The van der Waals surface area contributed by atoms with Crippen LogP contribution >= 0.6 is 0 Å². The van der Waals surface area contributed by atoms with E-state index in [4.69, 9.17) is 5.73 Å². The fraction of sp³-hybridized carbons (Fsp3) is 0.538. The molecule has 0 bridgehead atoms. The number of hydrogen-bond acceptors (Lipinski definition) is 3. The average molecular weight is 232 g/mol. The van der Waals surface area contributed by atoms with E-state index in [9.17, 15) is 0 Å². The lowest BCUT2D eigenvalue weighted by Crippen LogP contribution is -2.04. The van der Waals surface area contributed by atoms with Gasteiger partial charge >= 0.3 is 0 Å². The molecule has 2 aromatic heterocycles. The van der Waals surface area contributed by atoms with Gasteiger partial charge in [-0.25, -0.2) is 9.97 Å². The maximum Gasteiger partial charge on any atom is 0.143 e. The maximum absolute atomic E-state index is 5.66. The zero-order valence-corrected chi connectivity index (χ0v) is 10.8. The number of nitrogens with zero attached hydrogens (tertiary/aromatic N) is 3. The van der Waals surface area contributed by atoms with Crippen LogP contribution in [0.1, 0.15) is 25.1 Å². The molecule has 2 heterocycles. The summed E-state index contributed by atoms with van der Waals surface area (Å²) in [4.78, 5) is 8.80. The zero-order valence-electron chi connectivity index (χ0n) is 10.8. The molecule has 0 aliphatic heterocycles. The highest BCUT2D eigenvalue weighted by Crippen LogP contribution is 2.23. The van der Waals surface area contributed by atoms with Crippen molar-refractivity contribution in [2.24, 2.45) is 18.7 Å². The van der Waals surface area contributed by atoms with Crippen LogP contribution in [0.4, 0.5) is 0 Å². The van der Waals surface area contributed by atoms with Gasteiger partial charge in [0.05, 0.1) is 5.69 Å². The summed E-state index contributed by atoms with van der Waals surface area (Å²) in [7, 11) is 2.02. The summed E-state index contributed by atoms with van der Waals surface area (Å²) in [5.74, 6) is 0.596. The fourth-order valence-corrected chi connectivity index (χ4v) is 2.25. The van der Waals surface area contributed by atoms with Crippen LogP contribution in [-0.4, -0.2) is 21.1 Å². The molecule has 4 nitrogen and oxygen atoms in total. The second kappa shape index (κ2) is 4.84. The van der Waals surface area contributed by atoms with Crippen LogP contribution in [0, 0.1) is 5.92 Å². The van der Waals surface area contributed by atoms with Gasteiger partial charge in [-0.1, -0.05) is 13.8 Å². The number of nitrogens with two attached hydrogens (primary N) is 1. The number of fused-ring (bicyclic) bond motifs is 1. The minimum Gasteiger partial charge on any atom is -0.335 e. The molecule has 2 rings (SSSR count). The van der Waals surface area contributed by atoms with Crippen molar-refractivity contribution >= 4 is 11.0 Å². The molecule has 0 saturated carbocycles. The molecule has 92 valence electrons. The van der Waals surface area contributed by atoms with Gasteiger partial charge in [-0.2, -0.15) is 0 Å². The van der Waals surface area contributed by atoms with Gasteiger partial charge < -0.3 is 10.3 Å². The topological polar surface area (TPSA) is 56.7 Å². The largest absolute Gasteiger partial charge is 0.335 e. The Kier molecular flexibility index (Phi) is 3.43. The molecule has 4 heteroatoms. The summed E-state index contributed by atoms with van der Waals surface area (Å²) in [5, 5.41) is 1.20. The first-order valence-corrected chi connectivity index (χ1v) is 6.11. The first kappa shape index (κ1) is 12.0. The van der Waals surface area contributed by atoms with Crippen LogP contribution in [0.25, 0.3) is 11.0 Å². The predicted molar refractivity (Wildman–Crippen MR) is 69.8 cm³/mol. The first-order chi connectivity index (χ1) is 8.13. The second-order valence-corrected chi connectivity index (χ2v) is 4.92. The zero-order chi connectivity index (χ0) is 12.4. The fourth-order valence-electron chi connectivity index (χ4n) is 2.25. The van der Waals surface area contributed by atoms with Crippen molar-refractivity contribution in [3.05, 3.63) is 23.8 Å². The number of rotatable bonds is 4. The van der Waals surface area contributed by atoms with Gasteiger partial charge in [-0.05, 0) is 30.9 Å². The van der Waals surface area contributed by atoms with Crippen LogP contribution in [0.2, 0.25) is 0 Å². The van der Waals surface area contributed by atoms with Crippen LogP contribution in [0.15, 0.2) is 12.5 Å². The molecule has 0 aliphatic rings. The Morgan fingerprint density at radius 3 is 2.76 bits per heavy atom. The van der Waals surface area contributed by atoms with Gasteiger partial charge in [-0.15, -0.1) is 0 Å². The maximum atomic E-state index is 5.66. The van der Waals surface area contributed by atoms with Crippen LogP contribution in [-0.2, 0) is 19.9 Å². The highest BCUT2D eigenvalue weighted by atomic mass is 15.0. The molecular weight excluding hydrogens is 212 g/mol. The van der Waals surface area contributed by atoms with E-state index in [1.54, 1.807) is 6.33 Å². The molecule has 2 aromatic rings. The van der Waals surface area contributed by atoms with Gasteiger partial charge in [-0.3, -0.25) is 0 Å². The Bertz CT molecular complexity index is 513. The van der Waals surface area contributed by atoms with Crippen LogP contribution < -0.4 is 5.73 Å². The van der Waals surface area contributed by atoms with Gasteiger partial charge in [0.1, 0.15) is 12.0 Å². The molecule has 0 spiro atoms. The van der Waals surface area contributed by atoms with Crippen molar-refractivity contribution in [1.82, 2.24) is 14.5 Å². The van der Waals surface area contributed by atoms with Gasteiger partial charge in [0.15, 0.2) is 0 Å². The van der Waals surface area contributed by atoms with Gasteiger partial charge in [0.25, 0.3) is 0 Å². The molecule has 17 heavy (non-hydrogen) atoms. The summed E-state index contributed by atoms with van der Waals surface area (Å²) in [6, 6.07) is 0.